The Morgan fingerprint density at radius 3 is 2.76 bits per heavy atom. The van der Waals surface area contributed by atoms with Gasteiger partial charge in [0.2, 0.25) is 11.8 Å². The molecule has 1 amide bonds. The number of rotatable bonds is 5. The summed E-state index contributed by atoms with van der Waals surface area (Å²) in [5.41, 5.74) is 1.54. The van der Waals surface area contributed by atoms with Gasteiger partial charge in [-0.05, 0) is 19.1 Å². The molecule has 0 spiro atoms. The molecule has 0 aliphatic heterocycles. The maximum atomic E-state index is 11.8. The van der Waals surface area contributed by atoms with Crippen molar-refractivity contribution in [1.82, 2.24) is 9.97 Å². The van der Waals surface area contributed by atoms with Gasteiger partial charge in [0, 0.05) is 5.69 Å². The van der Waals surface area contributed by atoms with Gasteiger partial charge in [-0.3, -0.25) is 9.59 Å². The van der Waals surface area contributed by atoms with Crippen molar-refractivity contribution in [2.24, 2.45) is 0 Å². The summed E-state index contributed by atoms with van der Waals surface area (Å²) in [4.78, 5) is 29.8. The minimum atomic E-state index is -0.316. The number of benzene rings is 1. The lowest BCUT2D eigenvalue weighted by Gasteiger charge is -2.05. The van der Waals surface area contributed by atoms with E-state index in [2.05, 4.69) is 15.3 Å². The molecule has 0 saturated heterocycles. The van der Waals surface area contributed by atoms with Crippen LogP contribution in [0.3, 0.4) is 0 Å². The van der Waals surface area contributed by atoms with E-state index in [9.17, 15) is 9.59 Å². The van der Waals surface area contributed by atoms with Crippen molar-refractivity contribution in [2.45, 2.75) is 12.1 Å². The second kappa shape index (κ2) is 6.94. The predicted molar refractivity (Wildman–Crippen MR) is 81.9 cm³/mol. The normalized spacial score (nSPS) is 10.2. The number of carbonyl (C=O) groups excluding carboxylic acids is 1. The van der Waals surface area contributed by atoms with Gasteiger partial charge in [-0.15, -0.1) is 0 Å². The highest BCUT2D eigenvalue weighted by molar-refractivity contribution is 7.99. The van der Waals surface area contributed by atoms with Crippen LogP contribution in [0.1, 0.15) is 5.56 Å². The number of nitrogens with zero attached hydrogens (tertiary/aromatic N) is 1. The van der Waals surface area contributed by atoms with Crippen molar-refractivity contribution in [1.29, 1.82) is 0 Å². The van der Waals surface area contributed by atoms with Crippen molar-refractivity contribution in [3.05, 3.63) is 46.2 Å². The number of anilines is 1. The Kier molecular flexibility index (Phi) is 4.99. The van der Waals surface area contributed by atoms with Gasteiger partial charge in [-0.2, -0.15) is 4.98 Å². The smallest absolute Gasteiger partial charge is 0.255 e. The maximum Gasteiger partial charge on any atom is 0.255 e. The van der Waals surface area contributed by atoms with E-state index in [0.717, 1.165) is 23.0 Å². The van der Waals surface area contributed by atoms with E-state index in [1.807, 2.05) is 31.2 Å². The lowest BCUT2D eigenvalue weighted by Crippen LogP contribution is -2.15. The molecule has 1 aromatic heterocycles. The third-order valence-corrected chi connectivity index (χ3v) is 3.45. The predicted octanol–water partition coefficient (Wildman–Crippen LogP) is 1.82. The third-order valence-electron chi connectivity index (χ3n) is 2.58. The second-order valence-corrected chi connectivity index (χ2v) is 5.26. The molecular weight excluding hydrogens is 290 g/mol. The van der Waals surface area contributed by atoms with E-state index >= 15 is 0 Å². The lowest BCUT2D eigenvalue weighted by atomic mass is 10.2. The molecule has 1 aromatic carbocycles. The number of hydrogen-bond donors (Lipinski definition) is 2. The van der Waals surface area contributed by atoms with Crippen LogP contribution in [0.2, 0.25) is 0 Å². The van der Waals surface area contributed by atoms with Gasteiger partial charge in [0.05, 0.1) is 18.9 Å². The molecule has 0 aliphatic rings. The molecule has 0 atom stereocenters. The molecule has 110 valence electrons. The summed E-state index contributed by atoms with van der Waals surface area (Å²) in [7, 11) is 1.43. The van der Waals surface area contributed by atoms with Crippen LogP contribution in [-0.4, -0.2) is 28.7 Å². The fraction of sp³-hybridized carbons (Fsp3) is 0.214. The summed E-state index contributed by atoms with van der Waals surface area (Å²) in [6, 6.07) is 8.76. The number of H-pyrrole nitrogens is 1. The van der Waals surface area contributed by atoms with E-state index in [1.54, 1.807) is 0 Å². The highest BCUT2D eigenvalue weighted by Gasteiger charge is 2.07. The number of hydrogen-bond acceptors (Lipinski definition) is 5. The van der Waals surface area contributed by atoms with Gasteiger partial charge in [0.25, 0.3) is 5.56 Å². The highest BCUT2D eigenvalue weighted by atomic mass is 32.2. The van der Waals surface area contributed by atoms with Crippen molar-refractivity contribution < 1.29 is 9.53 Å². The highest BCUT2D eigenvalue weighted by Crippen LogP contribution is 2.15. The zero-order valence-corrected chi connectivity index (χ0v) is 12.5. The standard InChI is InChI=1S/C14H15N3O3S/c1-9-3-5-10(6-4-9)15-12(19)8-21-14-16-11(18)7-13(17-14)20-2/h3-7H,8H2,1-2H3,(H,15,19)(H,16,17,18). The molecule has 0 fully saturated rings. The summed E-state index contributed by atoms with van der Waals surface area (Å²) in [5.74, 6) is 0.193. The Morgan fingerprint density at radius 1 is 1.38 bits per heavy atom. The van der Waals surface area contributed by atoms with Gasteiger partial charge in [0.15, 0.2) is 5.16 Å². The maximum absolute atomic E-state index is 11.8. The van der Waals surface area contributed by atoms with E-state index < -0.39 is 0 Å². The summed E-state index contributed by atoms with van der Waals surface area (Å²) in [5, 5.41) is 3.12. The first-order valence-electron chi connectivity index (χ1n) is 6.21. The first-order valence-corrected chi connectivity index (χ1v) is 7.20. The van der Waals surface area contributed by atoms with Crippen molar-refractivity contribution in [3.8, 4) is 5.88 Å². The van der Waals surface area contributed by atoms with Crippen LogP contribution in [0.5, 0.6) is 5.88 Å². The Hall–Kier alpha value is -2.28. The monoisotopic (exact) mass is 305 g/mol. The zero-order chi connectivity index (χ0) is 15.2. The van der Waals surface area contributed by atoms with Gasteiger partial charge in [-0.1, -0.05) is 29.5 Å². The average molecular weight is 305 g/mol. The third kappa shape index (κ3) is 4.64. The van der Waals surface area contributed by atoms with Crippen LogP contribution in [0.15, 0.2) is 40.3 Å². The van der Waals surface area contributed by atoms with E-state index in [-0.39, 0.29) is 23.1 Å². The van der Waals surface area contributed by atoms with Crippen LogP contribution in [-0.2, 0) is 4.79 Å². The quantitative estimate of drug-likeness (QED) is 0.650. The summed E-state index contributed by atoms with van der Waals surface area (Å²) < 4.78 is 4.90. The molecule has 2 aromatic rings. The van der Waals surface area contributed by atoms with Crippen LogP contribution >= 0.6 is 11.8 Å². The second-order valence-electron chi connectivity index (χ2n) is 4.30. The molecule has 0 aliphatic carbocycles. The number of aromatic amines is 1. The molecule has 0 bridgehead atoms. The molecule has 21 heavy (non-hydrogen) atoms. The number of methoxy groups -OCH3 is 1. The number of ether oxygens (including phenoxy) is 1. The Bertz CT molecular complexity index is 683. The largest absolute Gasteiger partial charge is 0.481 e. The van der Waals surface area contributed by atoms with Gasteiger partial charge in [0.1, 0.15) is 0 Å². The molecule has 1 heterocycles. The van der Waals surface area contributed by atoms with Crippen LogP contribution < -0.4 is 15.6 Å². The van der Waals surface area contributed by atoms with E-state index in [4.69, 9.17) is 4.74 Å². The Labute approximate surface area is 125 Å². The average Bonchev–Trinajstić information content (AvgIpc) is 2.47. The van der Waals surface area contributed by atoms with Crippen molar-refractivity contribution in [3.63, 3.8) is 0 Å². The number of amides is 1. The fourth-order valence-corrected chi connectivity index (χ4v) is 2.22. The molecular formula is C14H15N3O3S. The van der Waals surface area contributed by atoms with Gasteiger partial charge < -0.3 is 15.0 Å². The van der Waals surface area contributed by atoms with Crippen molar-refractivity contribution in [2.75, 3.05) is 18.2 Å². The first-order chi connectivity index (χ1) is 10.1. The lowest BCUT2D eigenvalue weighted by molar-refractivity contribution is -0.113. The molecule has 0 saturated carbocycles. The minimum Gasteiger partial charge on any atom is -0.481 e. The van der Waals surface area contributed by atoms with E-state index in [0.29, 0.717) is 5.16 Å². The molecule has 2 rings (SSSR count). The minimum absolute atomic E-state index is 0.143. The number of carbonyl (C=O) groups is 1. The number of nitrogens with one attached hydrogen (secondary N) is 2. The topological polar surface area (TPSA) is 84.1 Å². The van der Waals surface area contributed by atoms with Gasteiger partial charge >= 0.3 is 0 Å². The summed E-state index contributed by atoms with van der Waals surface area (Å²) in [6.45, 7) is 1.98. The molecule has 0 unspecified atom stereocenters. The van der Waals surface area contributed by atoms with Crippen molar-refractivity contribution >= 4 is 23.4 Å². The summed E-state index contributed by atoms with van der Waals surface area (Å²) >= 11 is 1.14. The Morgan fingerprint density at radius 2 is 2.10 bits per heavy atom. The van der Waals surface area contributed by atoms with E-state index in [1.165, 1.54) is 13.2 Å². The zero-order valence-electron chi connectivity index (χ0n) is 11.7. The number of thioether (sulfide) groups is 1. The molecule has 2 N–H and O–H groups in total. The fourth-order valence-electron chi connectivity index (χ4n) is 1.55. The van der Waals surface area contributed by atoms with Crippen LogP contribution in [0.4, 0.5) is 5.69 Å². The van der Waals surface area contributed by atoms with Crippen LogP contribution in [0.25, 0.3) is 0 Å². The Balaban J connectivity index is 1.93. The van der Waals surface area contributed by atoms with Gasteiger partial charge in [-0.25, -0.2) is 0 Å². The SMILES string of the molecule is COc1cc(=O)[nH]c(SCC(=O)Nc2ccc(C)cc2)n1. The molecule has 7 heteroatoms. The first kappa shape index (κ1) is 15.1. The van der Waals surface area contributed by atoms with Crippen LogP contribution in [0, 0.1) is 6.92 Å². The summed E-state index contributed by atoms with van der Waals surface area (Å²) in [6.07, 6.45) is 0. The molecule has 0 radical (unpaired) electrons. The number of aryl methyl sites for hydroxylation is 1. The number of aromatic nitrogens is 2. The molecule has 6 nitrogen and oxygen atoms in total.